The Balaban J connectivity index is 0.00000361. The van der Waals surface area contributed by atoms with Crippen LogP contribution in [0.3, 0.4) is 0 Å². The fraction of sp³-hybridized carbons (Fsp3) is 0.917. The highest BCUT2D eigenvalue weighted by molar-refractivity contribution is 5.85. The molecule has 0 atom stereocenters. The van der Waals surface area contributed by atoms with Crippen LogP contribution < -0.4 is 10.6 Å². The van der Waals surface area contributed by atoms with Crippen LogP contribution in [0.5, 0.6) is 0 Å². The largest absolute Gasteiger partial charge is 0.389 e. The van der Waals surface area contributed by atoms with E-state index in [2.05, 4.69) is 10.6 Å². The molecule has 0 bridgehead atoms. The van der Waals surface area contributed by atoms with Gasteiger partial charge in [-0.2, -0.15) is 13.2 Å². The molecule has 0 aromatic heterocycles. The zero-order valence-electron chi connectivity index (χ0n) is 11.5. The van der Waals surface area contributed by atoms with Gasteiger partial charge in [-0.1, -0.05) is 0 Å². The van der Waals surface area contributed by atoms with Crippen LogP contribution >= 0.6 is 12.4 Å². The Bertz CT molecular complexity index is 289. The molecule has 0 radical (unpaired) electrons. The number of carbonyl (C=O) groups is 1. The lowest BCUT2D eigenvalue weighted by Crippen LogP contribution is -2.47. The Morgan fingerprint density at radius 3 is 2.45 bits per heavy atom. The van der Waals surface area contributed by atoms with Crippen molar-refractivity contribution >= 4 is 18.3 Å². The van der Waals surface area contributed by atoms with Crippen LogP contribution in [0.1, 0.15) is 25.7 Å². The highest BCUT2D eigenvalue weighted by atomic mass is 35.5. The number of nitrogens with one attached hydrogen (secondary N) is 2. The summed E-state index contributed by atoms with van der Waals surface area (Å²) >= 11 is 0. The third-order valence-electron chi connectivity index (χ3n) is 3.41. The van der Waals surface area contributed by atoms with Crippen molar-refractivity contribution in [2.45, 2.75) is 31.9 Å². The first-order valence-electron chi connectivity index (χ1n) is 6.40. The molecule has 20 heavy (non-hydrogen) atoms. The Hall–Kier alpha value is -0.530. The smallest absolute Gasteiger partial charge is 0.384 e. The standard InChI is InChI=1S/C12H21F3N2O2.ClH/c1-19-9-11(4-6-16-7-5-11)8-17-10(18)2-3-12(13,14)15;/h16H,2-9H2,1H3,(H,17,18);1H. The lowest BCUT2D eigenvalue weighted by atomic mass is 9.79. The average molecular weight is 319 g/mol. The first-order valence-corrected chi connectivity index (χ1v) is 6.40. The number of amides is 1. The van der Waals surface area contributed by atoms with Gasteiger partial charge in [0.2, 0.25) is 5.91 Å². The van der Waals surface area contributed by atoms with E-state index in [0.29, 0.717) is 13.2 Å². The minimum atomic E-state index is -4.28. The Kier molecular flexibility index (Phi) is 8.46. The summed E-state index contributed by atoms with van der Waals surface area (Å²) in [6.45, 7) is 2.55. The summed E-state index contributed by atoms with van der Waals surface area (Å²) in [7, 11) is 1.59. The van der Waals surface area contributed by atoms with E-state index in [1.807, 2.05) is 0 Å². The topological polar surface area (TPSA) is 50.4 Å². The monoisotopic (exact) mass is 318 g/mol. The van der Waals surface area contributed by atoms with Gasteiger partial charge < -0.3 is 15.4 Å². The van der Waals surface area contributed by atoms with E-state index >= 15 is 0 Å². The number of methoxy groups -OCH3 is 1. The van der Waals surface area contributed by atoms with Crippen molar-refractivity contribution in [2.75, 3.05) is 33.4 Å². The molecule has 2 N–H and O–H groups in total. The number of rotatable bonds is 6. The van der Waals surface area contributed by atoms with E-state index in [4.69, 9.17) is 4.74 Å². The van der Waals surface area contributed by atoms with E-state index < -0.39 is 24.9 Å². The predicted molar refractivity (Wildman–Crippen MR) is 72.0 cm³/mol. The Labute approximate surface area is 123 Å². The molecule has 1 fully saturated rings. The molecule has 0 aliphatic carbocycles. The molecule has 1 heterocycles. The first kappa shape index (κ1) is 19.5. The van der Waals surface area contributed by atoms with Gasteiger partial charge in [0, 0.05) is 25.5 Å². The quantitative estimate of drug-likeness (QED) is 0.786. The van der Waals surface area contributed by atoms with Crippen molar-refractivity contribution in [2.24, 2.45) is 5.41 Å². The van der Waals surface area contributed by atoms with Gasteiger partial charge in [-0.3, -0.25) is 4.79 Å². The van der Waals surface area contributed by atoms with Crippen molar-refractivity contribution in [1.29, 1.82) is 0 Å². The molecular formula is C12H22ClF3N2O2. The SMILES string of the molecule is COCC1(CNC(=O)CCC(F)(F)F)CCNCC1.Cl. The second-order valence-electron chi connectivity index (χ2n) is 5.07. The van der Waals surface area contributed by atoms with Crippen LogP contribution in [0.15, 0.2) is 0 Å². The minimum absolute atomic E-state index is 0. The highest BCUT2D eigenvalue weighted by Gasteiger charge is 2.33. The summed E-state index contributed by atoms with van der Waals surface area (Å²) in [5, 5.41) is 5.82. The molecule has 8 heteroatoms. The van der Waals surface area contributed by atoms with Crippen LogP contribution in [-0.2, 0) is 9.53 Å². The van der Waals surface area contributed by atoms with E-state index in [1.165, 1.54) is 0 Å². The second kappa shape index (κ2) is 8.69. The van der Waals surface area contributed by atoms with Gasteiger partial charge in [0.15, 0.2) is 0 Å². The molecule has 120 valence electrons. The Morgan fingerprint density at radius 1 is 1.35 bits per heavy atom. The molecule has 1 aliphatic heterocycles. The fourth-order valence-electron chi connectivity index (χ4n) is 2.27. The normalized spacial score (nSPS) is 18.2. The van der Waals surface area contributed by atoms with Crippen LogP contribution in [0.4, 0.5) is 13.2 Å². The number of alkyl halides is 3. The molecule has 0 saturated carbocycles. The van der Waals surface area contributed by atoms with E-state index in [-0.39, 0.29) is 17.8 Å². The molecule has 1 amide bonds. The highest BCUT2D eigenvalue weighted by Crippen LogP contribution is 2.28. The van der Waals surface area contributed by atoms with Crippen molar-refractivity contribution in [3.05, 3.63) is 0 Å². The number of hydrogen-bond acceptors (Lipinski definition) is 3. The van der Waals surface area contributed by atoms with Crippen LogP contribution in [0.2, 0.25) is 0 Å². The molecule has 1 rings (SSSR count). The van der Waals surface area contributed by atoms with Crippen LogP contribution in [0.25, 0.3) is 0 Å². The molecular weight excluding hydrogens is 297 g/mol. The fourth-order valence-corrected chi connectivity index (χ4v) is 2.27. The van der Waals surface area contributed by atoms with Gasteiger partial charge in [-0.25, -0.2) is 0 Å². The third-order valence-corrected chi connectivity index (χ3v) is 3.41. The molecule has 0 spiro atoms. The van der Waals surface area contributed by atoms with Gasteiger partial charge in [0.1, 0.15) is 0 Å². The Morgan fingerprint density at radius 2 is 1.95 bits per heavy atom. The van der Waals surface area contributed by atoms with E-state index in [9.17, 15) is 18.0 Å². The van der Waals surface area contributed by atoms with Crippen molar-refractivity contribution < 1.29 is 22.7 Å². The molecule has 4 nitrogen and oxygen atoms in total. The molecule has 0 aromatic rings. The van der Waals surface area contributed by atoms with Gasteiger partial charge in [-0.05, 0) is 25.9 Å². The average Bonchev–Trinajstić information content (AvgIpc) is 2.35. The maximum Gasteiger partial charge on any atom is 0.389 e. The van der Waals surface area contributed by atoms with Crippen molar-refractivity contribution in [3.8, 4) is 0 Å². The number of hydrogen-bond donors (Lipinski definition) is 2. The molecule has 0 unspecified atom stereocenters. The van der Waals surface area contributed by atoms with Gasteiger partial charge in [0.25, 0.3) is 0 Å². The van der Waals surface area contributed by atoms with Crippen molar-refractivity contribution in [1.82, 2.24) is 10.6 Å². The molecule has 1 aliphatic rings. The van der Waals surface area contributed by atoms with E-state index in [0.717, 1.165) is 25.9 Å². The van der Waals surface area contributed by atoms with Gasteiger partial charge >= 0.3 is 6.18 Å². The van der Waals surface area contributed by atoms with Crippen LogP contribution in [0, 0.1) is 5.41 Å². The molecule has 0 aromatic carbocycles. The zero-order chi connectivity index (χ0) is 14.4. The number of piperidine rings is 1. The summed E-state index contributed by atoms with van der Waals surface area (Å²) in [5.41, 5.74) is -0.159. The summed E-state index contributed by atoms with van der Waals surface area (Å²) in [4.78, 5) is 11.4. The molecule has 1 saturated heterocycles. The van der Waals surface area contributed by atoms with E-state index in [1.54, 1.807) is 7.11 Å². The maximum absolute atomic E-state index is 12.0. The van der Waals surface area contributed by atoms with Crippen LogP contribution in [-0.4, -0.2) is 45.4 Å². The summed E-state index contributed by atoms with van der Waals surface area (Å²) in [6.07, 6.45) is -4.17. The van der Waals surface area contributed by atoms with Gasteiger partial charge in [0.05, 0.1) is 13.0 Å². The minimum Gasteiger partial charge on any atom is -0.384 e. The predicted octanol–water partition coefficient (Wildman–Crippen LogP) is 1.88. The maximum atomic E-state index is 12.0. The number of halogens is 4. The first-order chi connectivity index (χ1) is 8.87. The summed E-state index contributed by atoms with van der Waals surface area (Å²) in [5.74, 6) is -0.550. The lowest BCUT2D eigenvalue weighted by Gasteiger charge is -2.37. The zero-order valence-corrected chi connectivity index (χ0v) is 12.3. The van der Waals surface area contributed by atoms with Crippen molar-refractivity contribution in [3.63, 3.8) is 0 Å². The number of carbonyl (C=O) groups excluding carboxylic acids is 1. The second-order valence-corrected chi connectivity index (χ2v) is 5.07. The number of ether oxygens (including phenoxy) is 1. The summed E-state index contributed by atoms with van der Waals surface area (Å²) < 4.78 is 41.2. The summed E-state index contributed by atoms with van der Waals surface area (Å²) in [6, 6.07) is 0. The third kappa shape index (κ3) is 7.31. The lowest BCUT2D eigenvalue weighted by molar-refractivity contribution is -0.144. The van der Waals surface area contributed by atoms with Gasteiger partial charge in [-0.15, -0.1) is 12.4 Å².